The normalized spacial score (nSPS) is 13.9. The van der Waals surface area contributed by atoms with Gasteiger partial charge >= 0.3 is 0 Å². The topological polar surface area (TPSA) is 21.3 Å². The second kappa shape index (κ2) is 7.46. The first-order valence-corrected chi connectivity index (χ1v) is 8.08. The van der Waals surface area contributed by atoms with Crippen LogP contribution in [0, 0.1) is 0 Å². The van der Waals surface area contributed by atoms with E-state index >= 15 is 0 Å². The Morgan fingerprint density at radius 1 is 1.15 bits per heavy atom. The molecule has 0 spiro atoms. The second-order valence-electron chi connectivity index (χ2n) is 5.07. The van der Waals surface area contributed by atoms with Crippen molar-refractivity contribution in [3.63, 3.8) is 0 Å². The third kappa shape index (κ3) is 4.36. The first kappa shape index (κ1) is 15.1. The summed E-state index contributed by atoms with van der Waals surface area (Å²) in [5, 5.41) is 5.79. The fourth-order valence-corrected chi connectivity index (χ4v) is 3.17. The molecule has 0 aliphatic rings. The van der Waals surface area contributed by atoms with Crippen LogP contribution in [0.3, 0.4) is 0 Å². The van der Waals surface area contributed by atoms with Gasteiger partial charge in [-0.2, -0.15) is 0 Å². The van der Waals surface area contributed by atoms with Gasteiger partial charge in [0.2, 0.25) is 0 Å². The molecule has 2 unspecified atom stereocenters. The summed E-state index contributed by atoms with van der Waals surface area (Å²) < 4.78 is 5.47. The molecule has 0 amide bonds. The number of rotatable bonds is 7. The summed E-state index contributed by atoms with van der Waals surface area (Å²) in [6, 6.07) is 13.5. The molecule has 0 aliphatic carbocycles. The average Bonchev–Trinajstić information content (AvgIpc) is 2.92. The molecule has 1 aromatic carbocycles. The lowest BCUT2D eigenvalue weighted by Crippen LogP contribution is -2.30. The number of hydrogen-bond acceptors (Lipinski definition) is 3. The average molecular weight is 289 g/mol. The van der Waals surface area contributed by atoms with Gasteiger partial charge in [0.05, 0.1) is 6.61 Å². The molecule has 2 nitrogen and oxygen atoms in total. The molecule has 1 aromatic heterocycles. The number of thiophene rings is 1. The standard InChI is InChI=1S/C17H23NOS/c1-4-19-16-9-7-15(8-10-16)14(3)18-13(2)12-17-6-5-11-20-17/h5-11,13-14,18H,4,12H2,1-3H3. The van der Waals surface area contributed by atoms with E-state index in [0.29, 0.717) is 18.7 Å². The molecule has 0 saturated carbocycles. The van der Waals surface area contributed by atoms with Gasteiger partial charge in [-0.15, -0.1) is 11.3 Å². The van der Waals surface area contributed by atoms with Gasteiger partial charge < -0.3 is 10.1 Å². The van der Waals surface area contributed by atoms with E-state index in [1.165, 1.54) is 10.4 Å². The van der Waals surface area contributed by atoms with E-state index in [1.54, 1.807) is 0 Å². The van der Waals surface area contributed by atoms with E-state index in [-0.39, 0.29) is 0 Å². The number of nitrogens with one attached hydrogen (secondary N) is 1. The van der Waals surface area contributed by atoms with Gasteiger partial charge in [-0.05, 0) is 56.3 Å². The lowest BCUT2D eigenvalue weighted by atomic mass is 10.1. The van der Waals surface area contributed by atoms with Crippen LogP contribution in [-0.4, -0.2) is 12.6 Å². The molecule has 2 atom stereocenters. The van der Waals surface area contributed by atoms with Crippen molar-refractivity contribution in [1.82, 2.24) is 5.32 Å². The first-order chi connectivity index (χ1) is 9.69. The summed E-state index contributed by atoms with van der Waals surface area (Å²) in [6.45, 7) is 7.17. The van der Waals surface area contributed by atoms with Crippen molar-refractivity contribution < 1.29 is 4.74 Å². The van der Waals surface area contributed by atoms with E-state index in [4.69, 9.17) is 4.74 Å². The quantitative estimate of drug-likeness (QED) is 0.814. The maximum absolute atomic E-state index is 5.47. The third-order valence-electron chi connectivity index (χ3n) is 3.31. The molecule has 0 radical (unpaired) electrons. The summed E-state index contributed by atoms with van der Waals surface area (Å²) in [7, 11) is 0. The lowest BCUT2D eigenvalue weighted by Gasteiger charge is -2.20. The zero-order valence-corrected chi connectivity index (χ0v) is 13.2. The minimum absolute atomic E-state index is 0.348. The molecule has 1 heterocycles. The van der Waals surface area contributed by atoms with Gasteiger partial charge in [-0.3, -0.25) is 0 Å². The van der Waals surface area contributed by atoms with Crippen LogP contribution < -0.4 is 10.1 Å². The van der Waals surface area contributed by atoms with Gasteiger partial charge in [-0.25, -0.2) is 0 Å². The van der Waals surface area contributed by atoms with Gasteiger partial charge in [0.25, 0.3) is 0 Å². The van der Waals surface area contributed by atoms with E-state index < -0.39 is 0 Å². The Kier molecular flexibility index (Phi) is 5.62. The highest BCUT2D eigenvalue weighted by Gasteiger charge is 2.10. The van der Waals surface area contributed by atoms with Crippen molar-refractivity contribution in [2.45, 2.75) is 39.3 Å². The molecule has 108 valence electrons. The fraction of sp³-hybridized carbons (Fsp3) is 0.412. The smallest absolute Gasteiger partial charge is 0.119 e. The lowest BCUT2D eigenvalue weighted by molar-refractivity contribution is 0.340. The Balaban J connectivity index is 1.88. The van der Waals surface area contributed by atoms with E-state index in [2.05, 4.69) is 48.8 Å². The van der Waals surface area contributed by atoms with Crippen LogP contribution in [0.1, 0.15) is 37.3 Å². The van der Waals surface area contributed by atoms with Gasteiger partial charge in [-0.1, -0.05) is 18.2 Å². The van der Waals surface area contributed by atoms with Crippen molar-refractivity contribution in [2.75, 3.05) is 6.61 Å². The monoisotopic (exact) mass is 289 g/mol. The molecule has 0 aliphatic heterocycles. The summed E-state index contributed by atoms with van der Waals surface area (Å²) >= 11 is 1.83. The summed E-state index contributed by atoms with van der Waals surface area (Å²) in [6.07, 6.45) is 1.08. The van der Waals surface area contributed by atoms with Gasteiger partial charge in [0.1, 0.15) is 5.75 Å². The van der Waals surface area contributed by atoms with E-state index in [0.717, 1.165) is 12.2 Å². The molecular formula is C17H23NOS. The molecule has 0 saturated heterocycles. The molecule has 3 heteroatoms. The van der Waals surface area contributed by atoms with Crippen molar-refractivity contribution in [3.05, 3.63) is 52.2 Å². The van der Waals surface area contributed by atoms with Crippen LogP contribution in [0.25, 0.3) is 0 Å². The van der Waals surface area contributed by atoms with Crippen LogP contribution >= 0.6 is 11.3 Å². The first-order valence-electron chi connectivity index (χ1n) is 7.20. The van der Waals surface area contributed by atoms with Crippen LogP contribution in [0.2, 0.25) is 0 Å². The van der Waals surface area contributed by atoms with Crippen molar-refractivity contribution in [1.29, 1.82) is 0 Å². The Labute approximate surface area is 125 Å². The highest BCUT2D eigenvalue weighted by Crippen LogP contribution is 2.19. The SMILES string of the molecule is CCOc1ccc(C(C)NC(C)Cc2cccs2)cc1. The summed E-state index contributed by atoms with van der Waals surface area (Å²) in [5.74, 6) is 0.940. The number of hydrogen-bond donors (Lipinski definition) is 1. The maximum Gasteiger partial charge on any atom is 0.119 e. The molecular weight excluding hydrogens is 266 g/mol. The minimum atomic E-state index is 0.348. The molecule has 2 rings (SSSR count). The fourth-order valence-electron chi connectivity index (χ4n) is 2.33. The Morgan fingerprint density at radius 3 is 2.50 bits per heavy atom. The van der Waals surface area contributed by atoms with E-state index in [9.17, 15) is 0 Å². The maximum atomic E-state index is 5.47. The Morgan fingerprint density at radius 2 is 1.90 bits per heavy atom. The summed E-state index contributed by atoms with van der Waals surface area (Å²) in [5.41, 5.74) is 1.30. The predicted octanol–water partition coefficient (Wildman–Crippen LogP) is 4.43. The molecule has 0 bridgehead atoms. The zero-order valence-electron chi connectivity index (χ0n) is 12.4. The van der Waals surface area contributed by atoms with Crippen molar-refractivity contribution >= 4 is 11.3 Å². The van der Waals surface area contributed by atoms with Crippen LogP contribution in [-0.2, 0) is 6.42 Å². The van der Waals surface area contributed by atoms with Gasteiger partial charge in [0, 0.05) is 17.0 Å². The van der Waals surface area contributed by atoms with Crippen LogP contribution in [0.15, 0.2) is 41.8 Å². The van der Waals surface area contributed by atoms with Crippen molar-refractivity contribution in [2.24, 2.45) is 0 Å². The second-order valence-corrected chi connectivity index (χ2v) is 6.11. The van der Waals surface area contributed by atoms with Crippen molar-refractivity contribution in [3.8, 4) is 5.75 Å². The molecule has 20 heavy (non-hydrogen) atoms. The Bertz CT molecular complexity index is 492. The van der Waals surface area contributed by atoms with Gasteiger partial charge in [0.15, 0.2) is 0 Å². The molecule has 0 fully saturated rings. The number of ether oxygens (including phenoxy) is 1. The molecule has 1 N–H and O–H groups in total. The zero-order chi connectivity index (χ0) is 14.4. The highest BCUT2D eigenvalue weighted by atomic mass is 32.1. The Hall–Kier alpha value is -1.32. The predicted molar refractivity (Wildman–Crippen MR) is 86.6 cm³/mol. The molecule has 2 aromatic rings. The third-order valence-corrected chi connectivity index (χ3v) is 4.21. The van der Waals surface area contributed by atoms with Crippen LogP contribution in [0.4, 0.5) is 0 Å². The van der Waals surface area contributed by atoms with E-state index in [1.807, 2.05) is 30.4 Å². The largest absolute Gasteiger partial charge is 0.494 e. The minimum Gasteiger partial charge on any atom is -0.494 e. The van der Waals surface area contributed by atoms with Crippen LogP contribution in [0.5, 0.6) is 5.75 Å². The number of benzene rings is 1. The summed E-state index contributed by atoms with van der Waals surface area (Å²) in [4.78, 5) is 1.43. The highest BCUT2D eigenvalue weighted by molar-refractivity contribution is 7.09.